The molecule has 1 spiro atoms. The number of hydrogen-bond donors (Lipinski definition) is 1. The maximum absolute atomic E-state index is 13.3. The molecule has 5 nitrogen and oxygen atoms in total. The predicted molar refractivity (Wildman–Crippen MR) is 159 cm³/mol. The maximum Gasteiger partial charge on any atom is 0.340 e. The zero-order valence-corrected chi connectivity index (χ0v) is 23.2. The minimum Gasteiger partial charge on any atom is -0.456 e. The molecule has 204 valence electrons. The molecule has 4 aromatic rings. The first-order valence-corrected chi connectivity index (χ1v) is 14.5. The minimum atomic E-state index is -1.07. The van der Waals surface area contributed by atoms with Crippen molar-refractivity contribution in [1.29, 1.82) is 0 Å². The highest BCUT2D eigenvalue weighted by molar-refractivity contribution is 5.97. The SMILES string of the molecule is CCCCN(CCCC)C(Nc1ccccc1)c1ccc2c(c1)C1(OC(=O)c3ccccc31)c1ccccc1O2. The molecule has 0 saturated heterocycles. The molecule has 0 aromatic heterocycles. The van der Waals surface area contributed by atoms with E-state index in [0.29, 0.717) is 17.1 Å². The number of unbranched alkanes of at least 4 members (excludes halogenated alkanes) is 2. The lowest BCUT2D eigenvalue weighted by Crippen LogP contribution is -2.37. The predicted octanol–water partition coefficient (Wildman–Crippen LogP) is 8.27. The Morgan fingerprint density at radius 1 is 0.750 bits per heavy atom. The normalized spacial score (nSPS) is 17.5. The summed E-state index contributed by atoms with van der Waals surface area (Å²) in [4.78, 5) is 15.8. The van der Waals surface area contributed by atoms with Crippen LogP contribution in [0.3, 0.4) is 0 Å². The first-order chi connectivity index (χ1) is 19.7. The Morgan fingerprint density at radius 3 is 2.15 bits per heavy atom. The van der Waals surface area contributed by atoms with Crippen LogP contribution in [0.25, 0.3) is 0 Å². The van der Waals surface area contributed by atoms with Crippen molar-refractivity contribution in [2.75, 3.05) is 18.4 Å². The van der Waals surface area contributed by atoms with Gasteiger partial charge >= 0.3 is 5.97 Å². The third-order valence-electron chi connectivity index (χ3n) is 8.00. The van der Waals surface area contributed by atoms with E-state index in [9.17, 15) is 4.79 Å². The molecule has 0 bridgehead atoms. The van der Waals surface area contributed by atoms with Crippen LogP contribution in [0.4, 0.5) is 5.69 Å². The molecule has 2 heterocycles. The number of para-hydroxylation sites is 2. The monoisotopic (exact) mass is 532 g/mol. The van der Waals surface area contributed by atoms with Crippen molar-refractivity contribution >= 4 is 11.7 Å². The Bertz CT molecular complexity index is 1490. The van der Waals surface area contributed by atoms with Crippen molar-refractivity contribution in [1.82, 2.24) is 4.90 Å². The van der Waals surface area contributed by atoms with Crippen molar-refractivity contribution in [3.63, 3.8) is 0 Å². The molecule has 40 heavy (non-hydrogen) atoms. The molecule has 1 N–H and O–H groups in total. The molecule has 5 heteroatoms. The number of ether oxygens (including phenoxy) is 2. The molecule has 6 rings (SSSR count). The fraction of sp³-hybridized carbons (Fsp3) is 0.286. The van der Waals surface area contributed by atoms with Gasteiger partial charge in [0, 0.05) is 35.5 Å². The third kappa shape index (κ3) is 4.54. The van der Waals surface area contributed by atoms with E-state index in [-0.39, 0.29) is 12.1 Å². The molecule has 0 radical (unpaired) electrons. The first-order valence-electron chi connectivity index (χ1n) is 14.5. The van der Waals surface area contributed by atoms with Gasteiger partial charge in [-0.15, -0.1) is 0 Å². The van der Waals surface area contributed by atoms with Gasteiger partial charge in [-0.25, -0.2) is 4.79 Å². The summed E-state index contributed by atoms with van der Waals surface area (Å²) < 4.78 is 12.8. The second kappa shape index (κ2) is 11.2. The third-order valence-corrected chi connectivity index (χ3v) is 8.00. The van der Waals surface area contributed by atoms with Crippen molar-refractivity contribution < 1.29 is 14.3 Å². The number of rotatable bonds is 10. The zero-order valence-electron chi connectivity index (χ0n) is 23.2. The number of nitrogens with one attached hydrogen (secondary N) is 1. The largest absolute Gasteiger partial charge is 0.456 e. The minimum absolute atomic E-state index is 0.0626. The highest BCUT2D eigenvalue weighted by atomic mass is 16.6. The average Bonchev–Trinajstić information content (AvgIpc) is 3.29. The summed E-state index contributed by atoms with van der Waals surface area (Å²) in [5.74, 6) is 1.10. The number of esters is 1. The topological polar surface area (TPSA) is 50.8 Å². The standard InChI is InChI=1S/C35H36N2O3/c1-3-5-22-37(23-6-4-2)33(36-26-14-8-7-9-15-26)25-20-21-32-30(24-25)35(29-18-12-13-19-31(29)39-32)28-17-11-10-16-27(28)34(38)40-35/h7-21,24,33,36H,3-6,22-23H2,1-2H3. The van der Waals surface area contributed by atoms with E-state index in [2.05, 4.69) is 60.5 Å². The number of nitrogens with zero attached hydrogens (tertiary/aromatic N) is 1. The summed E-state index contributed by atoms with van der Waals surface area (Å²) in [6.07, 6.45) is 4.43. The number of carbonyl (C=O) groups excluding carboxylic acids is 1. The van der Waals surface area contributed by atoms with E-state index in [1.807, 2.05) is 60.7 Å². The Kier molecular flexibility index (Phi) is 7.31. The van der Waals surface area contributed by atoms with Crippen molar-refractivity contribution in [3.8, 4) is 11.5 Å². The summed E-state index contributed by atoms with van der Waals surface area (Å²) in [7, 11) is 0. The first kappa shape index (κ1) is 26.1. The van der Waals surface area contributed by atoms with E-state index >= 15 is 0 Å². The second-order valence-electron chi connectivity index (χ2n) is 10.6. The Balaban J connectivity index is 1.52. The molecule has 2 unspecified atom stereocenters. The van der Waals surface area contributed by atoms with Gasteiger partial charge < -0.3 is 14.8 Å². The number of hydrogen-bond acceptors (Lipinski definition) is 5. The highest BCUT2D eigenvalue weighted by Crippen LogP contribution is 2.56. The van der Waals surface area contributed by atoms with Crippen LogP contribution >= 0.6 is 0 Å². The van der Waals surface area contributed by atoms with Gasteiger partial charge in [-0.05, 0) is 54.8 Å². The Morgan fingerprint density at radius 2 is 1.40 bits per heavy atom. The quantitative estimate of drug-likeness (QED) is 0.165. The molecule has 0 saturated carbocycles. The molecular weight excluding hydrogens is 496 g/mol. The lowest BCUT2D eigenvalue weighted by molar-refractivity contribution is 0.0223. The van der Waals surface area contributed by atoms with Crippen molar-refractivity contribution in [2.45, 2.75) is 51.3 Å². The van der Waals surface area contributed by atoms with Crippen LogP contribution in [0, 0.1) is 0 Å². The van der Waals surface area contributed by atoms with E-state index in [0.717, 1.165) is 66.7 Å². The van der Waals surface area contributed by atoms with Gasteiger partial charge in [0.2, 0.25) is 0 Å². The number of anilines is 1. The summed E-state index contributed by atoms with van der Waals surface area (Å²) in [5, 5.41) is 3.82. The van der Waals surface area contributed by atoms with Gasteiger partial charge in [-0.2, -0.15) is 0 Å². The Hall–Kier alpha value is -4.09. The van der Waals surface area contributed by atoms with Crippen LogP contribution in [-0.4, -0.2) is 24.0 Å². The summed E-state index contributed by atoms with van der Waals surface area (Å²) in [6.45, 7) is 6.45. The molecule has 4 aromatic carbocycles. The fourth-order valence-electron chi connectivity index (χ4n) is 5.98. The molecular formula is C35H36N2O3. The summed E-state index contributed by atoms with van der Waals surface area (Å²) >= 11 is 0. The molecule has 2 aliphatic rings. The van der Waals surface area contributed by atoms with E-state index in [4.69, 9.17) is 9.47 Å². The maximum atomic E-state index is 13.3. The Labute approximate surface area is 236 Å². The molecule has 2 aliphatic heterocycles. The van der Waals surface area contributed by atoms with Gasteiger partial charge in [0.25, 0.3) is 0 Å². The molecule has 0 aliphatic carbocycles. The van der Waals surface area contributed by atoms with E-state index < -0.39 is 5.60 Å². The summed E-state index contributed by atoms with van der Waals surface area (Å²) in [5.41, 5.74) is 4.27. The van der Waals surface area contributed by atoms with E-state index in [1.165, 1.54) is 0 Å². The van der Waals surface area contributed by atoms with Gasteiger partial charge in [0.15, 0.2) is 5.60 Å². The van der Waals surface area contributed by atoms with Gasteiger partial charge in [0.05, 0.1) is 5.56 Å². The van der Waals surface area contributed by atoms with Crippen molar-refractivity contribution in [3.05, 3.63) is 125 Å². The van der Waals surface area contributed by atoms with Gasteiger partial charge in [0.1, 0.15) is 17.7 Å². The number of carbonyl (C=O) groups is 1. The summed E-state index contributed by atoms with van der Waals surface area (Å²) in [6, 6.07) is 32.3. The van der Waals surface area contributed by atoms with Crippen LogP contribution in [0.1, 0.15) is 78.3 Å². The van der Waals surface area contributed by atoms with Crippen molar-refractivity contribution in [2.24, 2.45) is 0 Å². The van der Waals surface area contributed by atoms with Crippen LogP contribution in [0.5, 0.6) is 11.5 Å². The van der Waals surface area contributed by atoms with Crippen LogP contribution < -0.4 is 10.1 Å². The molecule has 2 atom stereocenters. The highest BCUT2D eigenvalue weighted by Gasteiger charge is 2.53. The van der Waals surface area contributed by atoms with Gasteiger partial charge in [-0.1, -0.05) is 87.4 Å². The second-order valence-corrected chi connectivity index (χ2v) is 10.6. The van der Waals surface area contributed by atoms with Gasteiger partial charge in [-0.3, -0.25) is 4.90 Å². The fourth-order valence-corrected chi connectivity index (χ4v) is 5.98. The molecule has 0 fully saturated rings. The van der Waals surface area contributed by atoms with Crippen LogP contribution in [-0.2, 0) is 10.3 Å². The van der Waals surface area contributed by atoms with E-state index in [1.54, 1.807) is 0 Å². The molecule has 0 amide bonds. The smallest absolute Gasteiger partial charge is 0.340 e. The van der Waals surface area contributed by atoms with Crippen LogP contribution in [0.15, 0.2) is 97.1 Å². The lowest BCUT2D eigenvalue weighted by Gasteiger charge is -2.38. The van der Waals surface area contributed by atoms with Crippen LogP contribution in [0.2, 0.25) is 0 Å². The zero-order chi connectivity index (χ0) is 27.5. The number of fused-ring (bicyclic) bond motifs is 6. The number of benzene rings is 4. The average molecular weight is 533 g/mol. The lowest BCUT2D eigenvalue weighted by atomic mass is 9.77.